The molecule has 15 heavy (non-hydrogen) atoms. The molecular formula is C8H10N2O4S. The van der Waals surface area contributed by atoms with Gasteiger partial charge in [-0.15, -0.1) is 0 Å². The molecule has 0 aliphatic rings. The van der Waals surface area contributed by atoms with Crippen LogP contribution in [0.15, 0.2) is 29.2 Å². The molecule has 0 fully saturated rings. The van der Waals surface area contributed by atoms with Crippen LogP contribution in [0.5, 0.6) is 0 Å². The molecular weight excluding hydrogens is 220 g/mol. The lowest BCUT2D eigenvalue weighted by Crippen LogP contribution is -2.27. The van der Waals surface area contributed by atoms with Gasteiger partial charge in [0.2, 0.25) is 0 Å². The Balaban J connectivity index is 3.45. The summed E-state index contributed by atoms with van der Waals surface area (Å²) in [5.41, 5.74) is 4.81. The van der Waals surface area contributed by atoms with Gasteiger partial charge >= 0.3 is 0 Å². The lowest BCUT2D eigenvalue weighted by atomic mass is 10.3. The van der Waals surface area contributed by atoms with Gasteiger partial charge in [-0.1, -0.05) is 12.1 Å². The highest BCUT2D eigenvalue weighted by atomic mass is 32.2. The molecule has 0 saturated heterocycles. The zero-order valence-corrected chi connectivity index (χ0v) is 8.77. The van der Waals surface area contributed by atoms with Gasteiger partial charge in [0.25, 0.3) is 5.69 Å². The highest BCUT2D eigenvalue weighted by Gasteiger charge is 2.27. The predicted molar refractivity (Wildman–Crippen MR) is 53.9 cm³/mol. The highest BCUT2D eigenvalue weighted by molar-refractivity contribution is 7.92. The molecule has 1 rings (SSSR count). The van der Waals surface area contributed by atoms with Crippen LogP contribution in [-0.4, -0.2) is 18.7 Å². The zero-order chi connectivity index (χ0) is 11.6. The summed E-state index contributed by atoms with van der Waals surface area (Å²) < 4.78 is 23.3. The SMILES string of the molecule is CC(N)S(=O)(=O)c1ccccc1[N+](=O)[O-]. The van der Waals surface area contributed by atoms with E-state index >= 15 is 0 Å². The standard InChI is InChI=1S/C8H10N2O4S/c1-6(9)15(13,14)8-5-3-2-4-7(8)10(11)12/h2-6H,9H2,1H3. The first kappa shape index (κ1) is 11.6. The van der Waals surface area contributed by atoms with E-state index in [1.54, 1.807) is 0 Å². The fourth-order valence-electron chi connectivity index (χ4n) is 1.05. The van der Waals surface area contributed by atoms with Crippen molar-refractivity contribution in [1.82, 2.24) is 0 Å². The van der Waals surface area contributed by atoms with Crippen LogP contribution in [0.3, 0.4) is 0 Å². The van der Waals surface area contributed by atoms with Gasteiger partial charge in [-0.25, -0.2) is 8.42 Å². The monoisotopic (exact) mass is 230 g/mol. The van der Waals surface area contributed by atoms with Crippen molar-refractivity contribution >= 4 is 15.5 Å². The van der Waals surface area contributed by atoms with Gasteiger partial charge < -0.3 is 5.73 Å². The van der Waals surface area contributed by atoms with Gasteiger partial charge in [-0.2, -0.15) is 0 Å². The number of sulfone groups is 1. The molecule has 1 aromatic carbocycles. The van der Waals surface area contributed by atoms with Crippen molar-refractivity contribution < 1.29 is 13.3 Å². The molecule has 0 amide bonds. The molecule has 0 saturated carbocycles. The number of hydrogen-bond acceptors (Lipinski definition) is 5. The number of benzene rings is 1. The second kappa shape index (κ2) is 3.95. The third-order valence-electron chi connectivity index (χ3n) is 1.86. The summed E-state index contributed by atoms with van der Waals surface area (Å²) in [4.78, 5) is 9.51. The third kappa shape index (κ3) is 2.13. The van der Waals surface area contributed by atoms with E-state index in [0.717, 1.165) is 6.07 Å². The van der Waals surface area contributed by atoms with Gasteiger partial charge in [-0.05, 0) is 13.0 Å². The predicted octanol–water partition coefficient (Wildman–Crippen LogP) is 0.673. The smallest absolute Gasteiger partial charge is 0.288 e. The first-order valence-corrected chi connectivity index (χ1v) is 5.65. The molecule has 1 aromatic rings. The van der Waals surface area contributed by atoms with E-state index < -0.39 is 25.8 Å². The summed E-state index contributed by atoms with van der Waals surface area (Å²) in [5, 5.41) is 9.42. The van der Waals surface area contributed by atoms with E-state index in [-0.39, 0.29) is 4.90 Å². The molecule has 0 bridgehead atoms. The highest BCUT2D eigenvalue weighted by Crippen LogP contribution is 2.24. The largest absolute Gasteiger partial charge is 0.315 e. The quantitative estimate of drug-likeness (QED) is 0.607. The summed E-state index contributed by atoms with van der Waals surface area (Å²) in [7, 11) is -3.82. The number of nitro benzene ring substituents is 1. The Labute approximate surface area is 86.8 Å². The van der Waals surface area contributed by atoms with Crippen LogP contribution in [0.1, 0.15) is 6.92 Å². The van der Waals surface area contributed by atoms with Crippen LogP contribution in [-0.2, 0) is 9.84 Å². The van der Waals surface area contributed by atoms with E-state index in [2.05, 4.69) is 0 Å². The minimum atomic E-state index is -3.82. The summed E-state index contributed by atoms with van der Waals surface area (Å²) in [6.07, 6.45) is 0. The average molecular weight is 230 g/mol. The average Bonchev–Trinajstić information content (AvgIpc) is 2.17. The van der Waals surface area contributed by atoms with Crippen molar-refractivity contribution in [1.29, 1.82) is 0 Å². The van der Waals surface area contributed by atoms with Crippen molar-refractivity contribution in [2.45, 2.75) is 17.2 Å². The fraction of sp³-hybridized carbons (Fsp3) is 0.250. The molecule has 0 radical (unpaired) electrons. The Morgan fingerprint density at radius 3 is 2.40 bits per heavy atom. The minimum absolute atomic E-state index is 0.343. The number of para-hydroxylation sites is 1. The second-order valence-electron chi connectivity index (χ2n) is 2.97. The molecule has 2 N–H and O–H groups in total. The number of nitrogens with zero attached hydrogens (tertiary/aromatic N) is 1. The molecule has 0 spiro atoms. The molecule has 0 heterocycles. The maximum Gasteiger partial charge on any atom is 0.288 e. The van der Waals surface area contributed by atoms with Gasteiger partial charge in [0, 0.05) is 6.07 Å². The van der Waals surface area contributed by atoms with Crippen LogP contribution in [0.2, 0.25) is 0 Å². The summed E-state index contributed by atoms with van der Waals surface area (Å²) in [6, 6.07) is 5.13. The Bertz CT molecular complexity index is 481. The Morgan fingerprint density at radius 1 is 1.40 bits per heavy atom. The molecule has 82 valence electrons. The minimum Gasteiger partial charge on any atom is -0.315 e. The van der Waals surface area contributed by atoms with Gasteiger partial charge in [-0.3, -0.25) is 10.1 Å². The van der Waals surface area contributed by atoms with Crippen molar-refractivity contribution in [3.8, 4) is 0 Å². The molecule has 0 aliphatic heterocycles. The van der Waals surface area contributed by atoms with Crippen LogP contribution in [0.4, 0.5) is 5.69 Å². The maximum atomic E-state index is 11.6. The maximum absolute atomic E-state index is 11.6. The Hall–Kier alpha value is -1.47. The number of hydrogen-bond donors (Lipinski definition) is 1. The molecule has 7 heteroatoms. The number of nitrogens with two attached hydrogens (primary N) is 1. The van der Waals surface area contributed by atoms with Crippen LogP contribution in [0, 0.1) is 10.1 Å². The normalized spacial score (nSPS) is 13.5. The molecule has 1 unspecified atom stereocenters. The van der Waals surface area contributed by atoms with Crippen molar-refractivity contribution in [2.75, 3.05) is 0 Å². The van der Waals surface area contributed by atoms with E-state index in [1.807, 2.05) is 0 Å². The Morgan fingerprint density at radius 2 is 1.93 bits per heavy atom. The van der Waals surface area contributed by atoms with Gasteiger partial charge in [0.1, 0.15) is 10.3 Å². The molecule has 0 aromatic heterocycles. The van der Waals surface area contributed by atoms with E-state index in [0.29, 0.717) is 0 Å². The van der Waals surface area contributed by atoms with E-state index in [1.165, 1.54) is 25.1 Å². The summed E-state index contributed by atoms with van der Waals surface area (Å²) in [6.45, 7) is 1.27. The van der Waals surface area contributed by atoms with Crippen LogP contribution in [0.25, 0.3) is 0 Å². The van der Waals surface area contributed by atoms with Crippen molar-refractivity contribution in [3.05, 3.63) is 34.4 Å². The summed E-state index contributed by atoms with van der Waals surface area (Å²) in [5.74, 6) is 0. The second-order valence-corrected chi connectivity index (χ2v) is 5.25. The molecule has 1 atom stereocenters. The van der Waals surface area contributed by atoms with E-state index in [4.69, 9.17) is 5.73 Å². The summed E-state index contributed by atoms with van der Waals surface area (Å²) >= 11 is 0. The van der Waals surface area contributed by atoms with Crippen LogP contribution < -0.4 is 5.73 Å². The lowest BCUT2D eigenvalue weighted by molar-refractivity contribution is -0.387. The van der Waals surface area contributed by atoms with Crippen molar-refractivity contribution in [3.63, 3.8) is 0 Å². The topological polar surface area (TPSA) is 103 Å². The number of rotatable bonds is 3. The Kier molecular flexibility index (Phi) is 3.06. The fourth-order valence-corrected chi connectivity index (χ4v) is 2.15. The van der Waals surface area contributed by atoms with E-state index in [9.17, 15) is 18.5 Å². The number of nitro groups is 1. The van der Waals surface area contributed by atoms with Crippen LogP contribution >= 0.6 is 0 Å². The third-order valence-corrected chi connectivity index (χ3v) is 3.80. The van der Waals surface area contributed by atoms with Gasteiger partial charge in [0.15, 0.2) is 9.84 Å². The first-order chi connectivity index (χ1) is 6.87. The lowest BCUT2D eigenvalue weighted by Gasteiger charge is -2.07. The molecule has 6 nitrogen and oxygen atoms in total. The zero-order valence-electron chi connectivity index (χ0n) is 7.95. The first-order valence-electron chi connectivity index (χ1n) is 4.10. The van der Waals surface area contributed by atoms with Crippen molar-refractivity contribution in [2.24, 2.45) is 5.73 Å². The van der Waals surface area contributed by atoms with Gasteiger partial charge in [0.05, 0.1) is 4.92 Å². The molecule has 0 aliphatic carbocycles.